The van der Waals surface area contributed by atoms with E-state index in [0.717, 1.165) is 0 Å². The van der Waals surface area contributed by atoms with Crippen molar-refractivity contribution in [2.45, 2.75) is 12.2 Å². The summed E-state index contributed by atoms with van der Waals surface area (Å²) in [5.74, 6) is -2.76. The van der Waals surface area contributed by atoms with Crippen LogP contribution in [-0.4, -0.2) is 56.5 Å². The van der Waals surface area contributed by atoms with Gasteiger partial charge in [-0.3, -0.25) is 21.3 Å². The molecule has 0 aromatic heterocycles. The van der Waals surface area contributed by atoms with E-state index in [2.05, 4.69) is 16.4 Å². The van der Waals surface area contributed by atoms with Crippen molar-refractivity contribution in [2.75, 3.05) is 0 Å². The first kappa shape index (κ1) is 16.8. The van der Waals surface area contributed by atoms with Gasteiger partial charge in [0.25, 0.3) is 0 Å². The topological polar surface area (TPSA) is 210 Å². The van der Waals surface area contributed by atoms with Crippen molar-refractivity contribution in [3.8, 4) is 0 Å². The molecule has 0 saturated carbocycles. The Morgan fingerprint density at radius 2 is 0.947 bits per heavy atom. The van der Waals surface area contributed by atoms with Gasteiger partial charge in [0.2, 0.25) is 0 Å². The number of rotatable bonds is 4. The summed E-state index contributed by atoms with van der Waals surface area (Å²) >= 11 is 0. The summed E-state index contributed by atoms with van der Waals surface area (Å²) in [6.45, 7) is 0. The highest BCUT2D eigenvalue weighted by Crippen LogP contribution is 2.33. The lowest BCUT2D eigenvalue weighted by atomic mass is 9.87. The van der Waals surface area contributed by atoms with Gasteiger partial charge in [0, 0.05) is 0 Å². The van der Waals surface area contributed by atoms with Crippen LogP contribution in [0.15, 0.2) is 0 Å². The van der Waals surface area contributed by atoms with E-state index in [1.807, 2.05) is 0 Å². The Bertz CT molecular complexity index is 360. The first-order valence-corrected chi connectivity index (χ1v) is 4.67. The van der Waals surface area contributed by atoms with Gasteiger partial charge in [0.1, 0.15) is 11.8 Å². The second-order valence-electron chi connectivity index (χ2n) is 3.38. The average molecular weight is 280 g/mol. The monoisotopic (exact) mass is 280 g/mol. The predicted octanol–water partition coefficient (Wildman–Crippen LogP) is -2.86. The molecule has 0 amide bonds. The SMILES string of the molecule is NN.O=C(O)C1OC(C(=O)O)C(C(=O)O)C1C(=O)O. The maximum Gasteiger partial charge on any atom is 0.333 e. The molecule has 1 heterocycles. The summed E-state index contributed by atoms with van der Waals surface area (Å²) in [5.41, 5.74) is 0. The molecular formula is C8H12N2O9. The second kappa shape index (κ2) is 6.63. The first-order valence-electron chi connectivity index (χ1n) is 4.67. The number of aliphatic carboxylic acids is 4. The van der Waals surface area contributed by atoms with Crippen LogP contribution >= 0.6 is 0 Å². The minimum atomic E-state index is -1.99. The van der Waals surface area contributed by atoms with E-state index < -0.39 is 47.9 Å². The molecular weight excluding hydrogens is 268 g/mol. The number of ether oxygens (including phenoxy) is 1. The molecule has 4 unspecified atom stereocenters. The van der Waals surface area contributed by atoms with Gasteiger partial charge in [-0.2, -0.15) is 0 Å². The van der Waals surface area contributed by atoms with Gasteiger partial charge in [0.05, 0.1) is 0 Å². The molecule has 1 aliphatic heterocycles. The summed E-state index contributed by atoms with van der Waals surface area (Å²) in [4.78, 5) is 43.0. The molecule has 1 aliphatic rings. The minimum Gasteiger partial charge on any atom is -0.481 e. The van der Waals surface area contributed by atoms with Crippen LogP contribution in [0.25, 0.3) is 0 Å². The van der Waals surface area contributed by atoms with Crippen LogP contribution in [0.1, 0.15) is 0 Å². The van der Waals surface area contributed by atoms with Crippen molar-refractivity contribution in [3.63, 3.8) is 0 Å². The molecule has 1 saturated heterocycles. The Hall–Kier alpha value is -2.24. The van der Waals surface area contributed by atoms with E-state index in [0.29, 0.717) is 0 Å². The number of hydrogen-bond acceptors (Lipinski definition) is 7. The van der Waals surface area contributed by atoms with Gasteiger partial charge in [-0.05, 0) is 0 Å². The van der Waals surface area contributed by atoms with E-state index in [1.165, 1.54) is 0 Å². The molecule has 0 bridgehead atoms. The molecule has 19 heavy (non-hydrogen) atoms. The summed E-state index contributed by atoms with van der Waals surface area (Å²) in [6.07, 6.45) is -3.98. The summed E-state index contributed by atoms with van der Waals surface area (Å²) in [6, 6.07) is 0. The third-order valence-electron chi connectivity index (χ3n) is 2.39. The molecule has 1 rings (SSSR count). The first-order chi connectivity index (χ1) is 8.77. The van der Waals surface area contributed by atoms with Crippen LogP contribution in [0.4, 0.5) is 0 Å². The maximum atomic E-state index is 10.8. The van der Waals surface area contributed by atoms with Crippen molar-refractivity contribution in [1.29, 1.82) is 0 Å². The summed E-state index contributed by atoms with van der Waals surface area (Å²) in [7, 11) is 0. The van der Waals surface area contributed by atoms with E-state index in [1.54, 1.807) is 0 Å². The lowest BCUT2D eigenvalue weighted by Crippen LogP contribution is -2.39. The average Bonchev–Trinajstić information content (AvgIpc) is 2.72. The van der Waals surface area contributed by atoms with Gasteiger partial charge in [0.15, 0.2) is 12.2 Å². The van der Waals surface area contributed by atoms with E-state index >= 15 is 0 Å². The highest BCUT2D eigenvalue weighted by atomic mass is 16.6. The van der Waals surface area contributed by atoms with E-state index in [9.17, 15) is 19.2 Å². The zero-order valence-electron chi connectivity index (χ0n) is 9.29. The number of carboxylic acids is 4. The second-order valence-corrected chi connectivity index (χ2v) is 3.38. The lowest BCUT2D eigenvalue weighted by Gasteiger charge is -2.13. The van der Waals surface area contributed by atoms with Crippen molar-refractivity contribution in [1.82, 2.24) is 0 Å². The number of carboxylic acid groups (broad SMARTS) is 4. The quantitative estimate of drug-likeness (QED) is 0.227. The highest BCUT2D eigenvalue weighted by Gasteiger charge is 2.57. The van der Waals surface area contributed by atoms with Crippen LogP contribution in [-0.2, 0) is 23.9 Å². The van der Waals surface area contributed by atoms with Crippen molar-refractivity contribution < 1.29 is 44.3 Å². The Morgan fingerprint density at radius 1 is 0.684 bits per heavy atom. The van der Waals surface area contributed by atoms with Crippen LogP contribution in [0, 0.1) is 11.8 Å². The molecule has 0 radical (unpaired) electrons. The minimum absolute atomic E-state index is 1.72. The molecule has 0 aromatic rings. The summed E-state index contributed by atoms with van der Waals surface area (Å²) in [5, 5.41) is 34.8. The number of nitrogens with two attached hydrogens (primary N) is 2. The maximum absolute atomic E-state index is 10.8. The molecule has 11 heteroatoms. The van der Waals surface area contributed by atoms with Gasteiger partial charge in [-0.1, -0.05) is 0 Å². The summed E-state index contributed by atoms with van der Waals surface area (Å²) < 4.78 is 4.47. The van der Waals surface area contributed by atoms with Gasteiger partial charge in [-0.25, -0.2) is 9.59 Å². The number of hydrazine groups is 1. The van der Waals surface area contributed by atoms with Gasteiger partial charge >= 0.3 is 23.9 Å². The molecule has 4 atom stereocenters. The zero-order chi connectivity index (χ0) is 15.3. The Balaban J connectivity index is 0.00000154. The van der Waals surface area contributed by atoms with Crippen LogP contribution in [0.2, 0.25) is 0 Å². The number of hydrogen-bond donors (Lipinski definition) is 6. The van der Waals surface area contributed by atoms with Crippen LogP contribution < -0.4 is 11.7 Å². The fourth-order valence-electron chi connectivity index (χ4n) is 1.69. The van der Waals surface area contributed by atoms with Gasteiger partial charge < -0.3 is 25.2 Å². The van der Waals surface area contributed by atoms with Crippen molar-refractivity contribution in [3.05, 3.63) is 0 Å². The molecule has 0 spiro atoms. The lowest BCUT2D eigenvalue weighted by molar-refractivity contribution is -0.163. The normalized spacial score (nSPS) is 28.9. The van der Waals surface area contributed by atoms with Crippen LogP contribution in [0.5, 0.6) is 0 Å². The Morgan fingerprint density at radius 3 is 1.11 bits per heavy atom. The van der Waals surface area contributed by atoms with Crippen LogP contribution in [0.3, 0.4) is 0 Å². The zero-order valence-corrected chi connectivity index (χ0v) is 9.29. The molecule has 1 fully saturated rings. The molecule has 0 aliphatic carbocycles. The van der Waals surface area contributed by atoms with Gasteiger partial charge in [-0.15, -0.1) is 0 Å². The molecule has 11 nitrogen and oxygen atoms in total. The fourth-order valence-corrected chi connectivity index (χ4v) is 1.69. The number of carbonyl (C=O) groups is 4. The fraction of sp³-hybridized carbons (Fsp3) is 0.500. The molecule has 0 aromatic carbocycles. The predicted molar refractivity (Wildman–Crippen MR) is 54.6 cm³/mol. The third-order valence-corrected chi connectivity index (χ3v) is 2.39. The van der Waals surface area contributed by atoms with Crippen molar-refractivity contribution in [2.24, 2.45) is 23.5 Å². The Labute approximate surface area is 105 Å². The largest absolute Gasteiger partial charge is 0.481 e. The highest BCUT2D eigenvalue weighted by molar-refractivity contribution is 5.92. The van der Waals surface area contributed by atoms with E-state index in [-0.39, 0.29) is 0 Å². The van der Waals surface area contributed by atoms with Crippen molar-refractivity contribution >= 4 is 23.9 Å². The Kier molecular flexibility index (Phi) is 5.85. The smallest absolute Gasteiger partial charge is 0.333 e. The van der Waals surface area contributed by atoms with E-state index in [4.69, 9.17) is 20.4 Å². The standard InChI is InChI=1S/C8H8O9.H4N2/c9-5(10)1-2(6(11)12)4(8(15)16)17-3(1)7(13)14;1-2/h1-4H,(H,9,10)(H,11,12)(H,13,14)(H,15,16);1-2H2. The molecule has 108 valence electrons. The third kappa shape index (κ3) is 3.37. The molecule has 8 N–H and O–H groups in total.